The van der Waals surface area contributed by atoms with Crippen molar-refractivity contribution in [2.45, 2.75) is 25.2 Å². The van der Waals surface area contributed by atoms with E-state index in [1.807, 2.05) is 60.7 Å². The molecule has 5 nitrogen and oxygen atoms in total. The molecule has 0 saturated carbocycles. The summed E-state index contributed by atoms with van der Waals surface area (Å²) in [6, 6.07) is 18.8. The number of fused-ring (bicyclic) bond motifs is 1. The average Bonchev–Trinajstić information content (AvgIpc) is 3.03. The van der Waals surface area contributed by atoms with Crippen molar-refractivity contribution in [3.05, 3.63) is 71.8 Å². The second-order valence-electron chi connectivity index (χ2n) is 6.72. The Morgan fingerprint density at radius 3 is 1.56 bits per heavy atom. The highest BCUT2D eigenvalue weighted by Gasteiger charge is 2.53. The average molecular weight is 356 g/mol. The van der Waals surface area contributed by atoms with Gasteiger partial charge >= 0.3 is 6.03 Å². The molecule has 2 fully saturated rings. The van der Waals surface area contributed by atoms with Crippen molar-refractivity contribution in [1.29, 1.82) is 0 Å². The number of carbonyl (C=O) groups is 1. The van der Waals surface area contributed by atoms with E-state index in [1.165, 1.54) is 0 Å². The summed E-state index contributed by atoms with van der Waals surface area (Å²) in [4.78, 5) is 16.5. The largest absolute Gasteiger partial charge is 0.321 e. The molecular weight excluding hydrogens is 336 g/mol. The summed E-state index contributed by atoms with van der Waals surface area (Å²) >= 11 is 0. The first-order chi connectivity index (χ1) is 12.0. The first-order valence-electron chi connectivity index (χ1n) is 8.39. The van der Waals surface area contributed by atoms with Gasteiger partial charge in [-0.1, -0.05) is 60.7 Å². The second kappa shape index (κ2) is 6.19. The molecule has 4 rings (SSSR count). The quantitative estimate of drug-likeness (QED) is 0.790. The zero-order chi connectivity index (χ0) is 17.4. The molecule has 0 N–H and O–H groups in total. The summed E-state index contributed by atoms with van der Waals surface area (Å²) in [5.41, 5.74) is 2.03. The van der Waals surface area contributed by atoms with Gasteiger partial charge in [-0.05, 0) is 11.1 Å². The molecule has 2 unspecified atom stereocenters. The minimum Gasteiger partial charge on any atom is -0.314 e. The SMILES string of the molecule is O=C1N(Cc2ccccc2)C2CS(=O)(=O)CC2N1Cc1ccccc1. The van der Waals surface area contributed by atoms with E-state index in [2.05, 4.69) is 0 Å². The van der Waals surface area contributed by atoms with E-state index in [1.54, 1.807) is 9.80 Å². The minimum absolute atomic E-state index is 0.0571. The Morgan fingerprint density at radius 1 is 0.760 bits per heavy atom. The van der Waals surface area contributed by atoms with Crippen molar-refractivity contribution >= 4 is 15.9 Å². The summed E-state index contributed by atoms with van der Waals surface area (Å²) in [7, 11) is -3.11. The summed E-state index contributed by atoms with van der Waals surface area (Å²) in [6.07, 6.45) is 0. The van der Waals surface area contributed by atoms with Crippen LogP contribution in [0.5, 0.6) is 0 Å². The summed E-state index contributed by atoms with van der Waals surface area (Å²) in [5, 5.41) is 0. The topological polar surface area (TPSA) is 57.7 Å². The molecule has 2 aliphatic heterocycles. The van der Waals surface area contributed by atoms with Crippen LogP contribution in [-0.4, -0.2) is 47.8 Å². The van der Waals surface area contributed by atoms with E-state index in [9.17, 15) is 13.2 Å². The molecule has 2 atom stereocenters. The van der Waals surface area contributed by atoms with E-state index in [-0.39, 0.29) is 29.6 Å². The minimum atomic E-state index is -3.11. The Bertz CT molecular complexity index is 803. The van der Waals surface area contributed by atoms with Gasteiger partial charge in [0.1, 0.15) is 0 Å². The van der Waals surface area contributed by atoms with Crippen LogP contribution < -0.4 is 0 Å². The van der Waals surface area contributed by atoms with Crippen molar-refractivity contribution in [1.82, 2.24) is 9.80 Å². The highest BCUT2D eigenvalue weighted by molar-refractivity contribution is 7.91. The van der Waals surface area contributed by atoms with Crippen molar-refractivity contribution in [2.24, 2.45) is 0 Å². The van der Waals surface area contributed by atoms with Crippen LogP contribution in [0.3, 0.4) is 0 Å². The third-order valence-corrected chi connectivity index (χ3v) is 6.68. The fourth-order valence-electron chi connectivity index (χ4n) is 3.78. The maximum absolute atomic E-state index is 13.0. The summed E-state index contributed by atoms with van der Waals surface area (Å²) in [6.45, 7) is 0.892. The standard InChI is InChI=1S/C19H20N2O3S/c22-19-20(11-15-7-3-1-4-8-15)17-13-25(23,24)14-18(17)21(19)12-16-9-5-2-6-10-16/h1-10,17-18H,11-14H2. The van der Waals surface area contributed by atoms with Gasteiger partial charge in [0.05, 0.1) is 23.6 Å². The molecule has 2 heterocycles. The Kier molecular flexibility index (Phi) is 4.00. The second-order valence-corrected chi connectivity index (χ2v) is 8.87. The molecule has 2 amide bonds. The van der Waals surface area contributed by atoms with Gasteiger partial charge < -0.3 is 9.80 Å². The molecule has 2 aliphatic rings. The van der Waals surface area contributed by atoms with Crippen LogP contribution in [0.15, 0.2) is 60.7 Å². The third-order valence-electron chi connectivity index (χ3n) is 4.98. The summed E-state index contributed by atoms with van der Waals surface area (Å²) in [5.74, 6) is 0.114. The Morgan fingerprint density at radius 2 is 1.16 bits per heavy atom. The molecule has 6 heteroatoms. The summed E-state index contributed by atoms with van der Waals surface area (Å²) < 4.78 is 24.4. The molecule has 0 aliphatic carbocycles. The van der Waals surface area contributed by atoms with E-state index < -0.39 is 9.84 Å². The van der Waals surface area contributed by atoms with Crippen molar-refractivity contribution in [3.63, 3.8) is 0 Å². The van der Waals surface area contributed by atoms with Crippen LogP contribution in [0, 0.1) is 0 Å². The molecule has 2 saturated heterocycles. The Balaban J connectivity index is 1.63. The zero-order valence-corrected chi connectivity index (χ0v) is 14.6. The van der Waals surface area contributed by atoms with Gasteiger partial charge in [0.2, 0.25) is 0 Å². The van der Waals surface area contributed by atoms with Crippen LogP contribution >= 0.6 is 0 Å². The molecular formula is C19H20N2O3S. The predicted molar refractivity (Wildman–Crippen MR) is 95.6 cm³/mol. The maximum atomic E-state index is 13.0. The fraction of sp³-hybridized carbons (Fsp3) is 0.316. The van der Waals surface area contributed by atoms with Crippen LogP contribution in [0.4, 0.5) is 4.79 Å². The molecule has 0 radical (unpaired) electrons. The Hall–Kier alpha value is -2.34. The molecule has 0 bridgehead atoms. The van der Waals surface area contributed by atoms with Gasteiger partial charge in [-0.25, -0.2) is 13.2 Å². The third kappa shape index (κ3) is 3.14. The smallest absolute Gasteiger partial charge is 0.314 e. The lowest BCUT2D eigenvalue weighted by atomic mass is 10.1. The van der Waals surface area contributed by atoms with Crippen LogP contribution in [0.1, 0.15) is 11.1 Å². The predicted octanol–water partition coefficient (Wildman–Crippen LogP) is 2.29. The number of amides is 2. The number of hydrogen-bond acceptors (Lipinski definition) is 3. The van der Waals surface area contributed by atoms with Gasteiger partial charge in [0.25, 0.3) is 0 Å². The highest BCUT2D eigenvalue weighted by Crippen LogP contribution is 2.33. The van der Waals surface area contributed by atoms with Gasteiger partial charge in [-0.2, -0.15) is 0 Å². The highest BCUT2D eigenvalue weighted by atomic mass is 32.2. The van der Waals surface area contributed by atoms with E-state index in [0.717, 1.165) is 11.1 Å². The van der Waals surface area contributed by atoms with Gasteiger partial charge in [0.15, 0.2) is 9.84 Å². The normalized spacial score (nSPS) is 24.6. The van der Waals surface area contributed by atoms with E-state index in [0.29, 0.717) is 13.1 Å². The number of sulfone groups is 1. The van der Waals surface area contributed by atoms with Gasteiger partial charge in [-0.3, -0.25) is 0 Å². The lowest BCUT2D eigenvalue weighted by molar-refractivity contribution is 0.182. The first-order valence-corrected chi connectivity index (χ1v) is 10.2. The first kappa shape index (κ1) is 16.1. The molecule has 2 aromatic rings. The number of urea groups is 1. The lowest BCUT2D eigenvalue weighted by Gasteiger charge is -2.22. The Labute approximate surface area is 147 Å². The maximum Gasteiger partial charge on any atom is 0.321 e. The van der Waals surface area contributed by atoms with E-state index >= 15 is 0 Å². The number of hydrogen-bond donors (Lipinski definition) is 0. The van der Waals surface area contributed by atoms with Crippen LogP contribution in [0.2, 0.25) is 0 Å². The number of benzene rings is 2. The molecule has 0 aromatic heterocycles. The lowest BCUT2D eigenvalue weighted by Crippen LogP contribution is -2.37. The van der Waals surface area contributed by atoms with Gasteiger partial charge in [0, 0.05) is 13.1 Å². The molecule has 2 aromatic carbocycles. The number of carbonyl (C=O) groups excluding carboxylic acids is 1. The zero-order valence-electron chi connectivity index (χ0n) is 13.8. The molecule has 130 valence electrons. The van der Waals surface area contributed by atoms with E-state index in [4.69, 9.17) is 0 Å². The monoisotopic (exact) mass is 356 g/mol. The van der Waals surface area contributed by atoms with Crippen LogP contribution in [-0.2, 0) is 22.9 Å². The van der Waals surface area contributed by atoms with Crippen molar-refractivity contribution in [2.75, 3.05) is 11.5 Å². The molecule has 0 spiro atoms. The van der Waals surface area contributed by atoms with Crippen molar-refractivity contribution in [3.8, 4) is 0 Å². The molecule has 25 heavy (non-hydrogen) atoms. The van der Waals surface area contributed by atoms with Crippen LogP contribution in [0.25, 0.3) is 0 Å². The van der Waals surface area contributed by atoms with Gasteiger partial charge in [-0.15, -0.1) is 0 Å². The number of nitrogens with zero attached hydrogens (tertiary/aromatic N) is 2. The fourth-order valence-corrected chi connectivity index (χ4v) is 5.77. The van der Waals surface area contributed by atoms with Crippen molar-refractivity contribution < 1.29 is 13.2 Å². The number of rotatable bonds is 4.